The number of aryl methyl sites for hydroxylation is 1. The van der Waals surface area contributed by atoms with E-state index in [1.807, 2.05) is 6.92 Å². The first-order valence-electron chi connectivity index (χ1n) is 11.1. The SMILES string of the molecule is C=C(C)C(O)C(O)C(O)C(C)c1cc(Cc2ccc(C)cc2)c2c(c1C)CCCC2. The van der Waals surface area contributed by atoms with Crippen LogP contribution in [0.5, 0.6) is 0 Å². The monoisotopic (exact) mass is 408 g/mol. The molecule has 1 aliphatic carbocycles. The quantitative estimate of drug-likeness (QED) is 0.590. The van der Waals surface area contributed by atoms with Crippen LogP contribution in [0.15, 0.2) is 42.5 Å². The van der Waals surface area contributed by atoms with Gasteiger partial charge in [-0.05, 0) is 91.8 Å². The third kappa shape index (κ3) is 4.69. The molecule has 0 aliphatic heterocycles. The van der Waals surface area contributed by atoms with Gasteiger partial charge < -0.3 is 15.3 Å². The second-order valence-electron chi connectivity index (χ2n) is 9.14. The predicted octanol–water partition coefficient (Wildman–Crippen LogP) is 4.54. The van der Waals surface area contributed by atoms with E-state index in [1.165, 1.54) is 46.2 Å². The summed E-state index contributed by atoms with van der Waals surface area (Å²) in [5.74, 6) is -0.294. The molecule has 2 aromatic carbocycles. The van der Waals surface area contributed by atoms with Gasteiger partial charge >= 0.3 is 0 Å². The molecule has 0 heterocycles. The van der Waals surface area contributed by atoms with E-state index in [9.17, 15) is 15.3 Å². The van der Waals surface area contributed by atoms with Gasteiger partial charge in [0, 0.05) is 5.92 Å². The van der Waals surface area contributed by atoms with Gasteiger partial charge in [-0.25, -0.2) is 0 Å². The van der Waals surface area contributed by atoms with Crippen molar-refractivity contribution in [2.45, 2.75) is 84.0 Å². The third-order valence-electron chi connectivity index (χ3n) is 6.77. The highest BCUT2D eigenvalue weighted by atomic mass is 16.4. The van der Waals surface area contributed by atoms with Gasteiger partial charge in [-0.2, -0.15) is 0 Å². The van der Waals surface area contributed by atoms with E-state index < -0.39 is 18.3 Å². The van der Waals surface area contributed by atoms with Gasteiger partial charge in [0.2, 0.25) is 0 Å². The summed E-state index contributed by atoms with van der Waals surface area (Å²) < 4.78 is 0. The Morgan fingerprint density at radius 1 is 0.967 bits per heavy atom. The molecule has 162 valence electrons. The van der Waals surface area contributed by atoms with Crippen molar-refractivity contribution in [3.8, 4) is 0 Å². The van der Waals surface area contributed by atoms with Crippen LogP contribution in [0.2, 0.25) is 0 Å². The van der Waals surface area contributed by atoms with Gasteiger partial charge in [-0.3, -0.25) is 0 Å². The van der Waals surface area contributed by atoms with Crippen LogP contribution in [0.4, 0.5) is 0 Å². The Hall–Kier alpha value is -1.94. The van der Waals surface area contributed by atoms with Crippen LogP contribution >= 0.6 is 0 Å². The maximum absolute atomic E-state index is 10.8. The highest BCUT2D eigenvalue weighted by molar-refractivity contribution is 5.50. The van der Waals surface area contributed by atoms with Gasteiger partial charge in [0.15, 0.2) is 0 Å². The third-order valence-corrected chi connectivity index (χ3v) is 6.77. The Balaban J connectivity index is 1.99. The van der Waals surface area contributed by atoms with E-state index in [1.54, 1.807) is 6.92 Å². The molecule has 3 N–H and O–H groups in total. The van der Waals surface area contributed by atoms with E-state index in [0.717, 1.165) is 24.8 Å². The van der Waals surface area contributed by atoms with Crippen LogP contribution in [-0.2, 0) is 19.3 Å². The molecule has 0 amide bonds. The van der Waals surface area contributed by atoms with E-state index in [4.69, 9.17) is 0 Å². The van der Waals surface area contributed by atoms with Crippen molar-refractivity contribution in [3.05, 3.63) is 81.4 Å². The largest absolute Gasteiger partial charge is 0.390 e. The Kier molecular flexibility index (Phi) is 7.18. The van der Waals surface area contributed by atoms with E-state index in [2.05, 4.69) is 50.8 Å². The number of aliphatic hydroxyl groups is 3. The lowest BCUT2D eigenvalue weighted by atomic mass is 9.77. The molecular weight excluding hydrogens is 372 g/mol. The Bertz CT molecular complexity index is 897. The van der Waals surface area contributed by atoms with Gasteiger partial charge in [0.1, 0.15) is 12.2 Å². The summed E-state index contributed by atoms with van der Waals surface area (Å²) in [5.41, 5.74) is 9.49. The van der Waals surface area contributed by atoms with Gasteiger partial charge in [-0.15, -0.1) is 0 Å². The number of fused-ring (bicyclic) bond motifs is 1. The number of hydrogen-bond donors (Lipinski definition) is 3. The normalized spacial score (nSPS) is 17.7. The number of benzene rings is 2. The summed E-state index contributed by atoms with van der Waals surface area (Å²) >= 11 is 0. The van der Waals surface area contributed by atoms with Crippen LogP contribution in [0.25, 0.3) is 0 Å². The van der Waals surface area contributed by atoms with Crippen molar-refractivity contribution in [2.24, 2.45) is 0 Å². The van der Waals surface area contributed by atoms with Gasteiger partial charge in [-0.1, -0.05) is 49.4 Å². The molecular formula is C27H36O3. The van der Waals surface area contributed by atoms with Crippen molar-refractivity contribution >= 4 is 0 Å². The van der Waals surface area contributed by atoms with Crippen molar-refractivity contribution in [1.82, 2.24) is 0 Å². The molecule has 3 heteroatoms. The van der Waals surface area contributed by atoms with Crippen molar-refractivity contribution < 1.29 is 15.3 Å². The summed E-state index contributed by atoms with van der Waals surface area (Å²) in [6.45, 7) is 11.5. The summed E-state index contributed by atoms with van der Waals surface area (Å²) in [6, 6.07) is 10.9. The highest BCUT2D eigenvalue weighted by Gasteiger charge is 2.32. The maximum Gasteiger partial charge on any atom is 0.110 e. The van der Waals surface area contributed by atoms with Crippen molar-refractivity contribution in [3.63, 3.8) is 0 Å². The number of aliphatic hydroxyl groups excluding tert-OH is 3. The summed E-state index contributed by atoms with van der Waals surface area (Å²) in [4.78, 5) is 0. The standard InChI is InChI=1S/C27H36O3/c1-16(2)25(28)27(30)26(29)19(5)24-15-21(14-20-12-10-17(3)11-13-20)23-9-7-6-8-22(23)18(24)4/h10-13,15,19,25-30H,1,6-9,14H2,2-5H3. The molecule has 0 fully saturated rings. The first-order valence-corrected chi connectivity index (χ1v) is 11.1. The summed E-state index contributed by atoms with van der Waals surface area (Å²) in [6.07, 6.45) is 1.99. The van der Waals surface area contributed by atoms with E-state index >= 15 is 0 Å². The Labute approximate surface area is 181 Å². The summed E-state index contributed by atoms with van der Waals surface area (Å²) in [5, 5.41) is 31.5. The average molecular weight is 409 g/mol. The van der Waals surface area contributed by atoms with Crippen LogP contribution < -0.4 is 0 Å². The Morgan fingerprint density at radius 3 is 2.17 bits per heavy atom. The zero-order valence-corrected chi connectivity index (χ0v) is 18.8. The van der Waals surface area contributed by atoms with Crippen LogP contribution in [-0.4, -0.2) is 33.6 Å². The fourth-order valence-electron chi connectivity index (χ4n) is 4.75. The molecule has 4 unspecified atom stereocenters. The molecule has 0 aromatic heterocycles. The summed E-state index contributed by atoms with van der Waals surface area (Å²) in [7, 11) is 0. The highest BCUT2D eigenvalue weighted by Crippen LogP contribution is 2.36. The molecule has 30 heavy (non-hydrogen) atoms. The smallest absolute Gasteiger partial charge is 0.110 e. The minimum Gasteiger partial charge on any atom is -0.390 e. The molecule has 0 bridgehead atoms. The maximum atomic E-state index is 10.8. The minimum absolute atomic E-state index is 0.294. The Morgan fingerprint density at radius 2 is 1.57 bits per heavy atom. The van der Waals surface area contributed by atoms with E-state index in [0.29, 0.717) is 5.57 Å². The lowest BCUT2D eigenvalue weighted by Crippen LogP contribution is -2.41. The first kappa shape index (κ1) is 22.7. The molecule has 3 rings (SSSR count). The topological polar surface area (TPSA) is 60.7 Å². The molecule has 0 saturated heterocycles. The lowest BCUT2D eigenvalue weighted by molar-refractivity contribution is -0.0535. The molecule has 0 spiro atoms. The van der Waals surface area contributed by atoms with Crippen LogP contribution in [0.1, 0.15) is 71.6 Å². The second-order valence-corrected chi connectivity index (χ2v) is 9.14. The van der Waals surface area contributed by atoms with Crippen molar-refractivity contribution in [1.29, 1.82) is 0 Å². The zero-order valence-electron chi connectivity index (χ0n) is 18.8. The van der Waals surface area contributed by atoms with Gasteiger partial charge in [0.05, 0.1) is 6.10 Å². The van der Waals surface area contributed by atoms with Crippen LogP contribution in [0, 0.1) is 13.8 Å². The molecule has 0 radical (unpaired) electrons. The van der Waals surface area contributed by atoms with E-state index in [-0.39, 0.29) is 5.92 Å². The number of rotatable bonds is 7. The van der Waals surface area contributed by atoms with Crippen LogP contribution in [0.3, 0.4) is 0 Å². The van der Waals surface area contributed by atoms with Crippen molar-refractivity contribution in [2.75, 3.05) is 0 Å². The fourth-order valence-corrected chi connectivity index (χ4v) is 4.75. The zero-order chi connectivity index (χ0) is 22.0. The first-order chi connectivity index (χ1) is 14.2. The predicted molar refractivity (Wildman–Crippen MR) is 123 cm³/mol. The molecule has 0 saturated carbocycles. The molecule has 3 nitrogen and oxygen atoms in total. The minimum atomic E-state index is -1.26. The molecule has 1 aliphatic rings. The molecule has 2 aromatic rings. The average Bonchev–Trinajstić information content (AvgIpc) is 2.75. The lowest BCUT2D eigenvalue weighted by Gasteiger charge is -2.31. The fraction of sp³-hybridized carbons (Fsp3) is 0.481. The number of hydrogen-bond acceptors (Lipinski definition) is 3. The molecule has 4 atom stereocenters. The van der Waals surface area contributed by atoms with Gasteiger partial charge in [0.25, 0.3) is 0 Å². The second kappa shape index (κ2) is 9.47.